The zero-order chi connectivity index (χ0) is 20.4. The minimum absolute atomic E-state index is 0.163. The van der Waals surface area contributed by atoms with Crippen molar-refractivity contribution in [2.45, 2.75) is 44.0 Å². The summed E-state index contributed by atoms with van der Waals surface area (Å²) in [7, 11) is 0. The molecule has 2 aromatic heterocycles. The Morgan fingerprint density at radius 2 is 1.90 bits per heavy atom. The van der Waals surface area contributed by atoms with Gasteiger partial charge >= 0.3 is 0 Å². The van der Waals surface area contributed by atoms with Crippen LogP contribution in [0.3, 0.4) is 0 Å². The SMILES string of the molecule is Cc1ccc(-n2c(SC(C)C(=O)Nc3cc(C)on3)nnc2N2CCCC2)cc1. The summed E-state index contributed by atoms with van der Waals surface area (Å²) in [5, 5.41) is 15.8. The zero-order valence-electron chi connectivity index (χ0n) is 16.8. The van der Waals surface area contributed by atoms with Crippen LogP contribution in [0.15, 0.2) is 40.0 Å². The Morgan fingerprint density at radius 3 is 2.55 bits per heavy atom. The van der Waals surface area contributed by atoms with Crippen molar-refractivity contribution < 1.29 is 9.32 Å². The molecule has 1 N–H and O–H groups in total. The minimum Gasteiger partial charge on any atom is -0.360 e. The summed E-state index contributed by atoms with van der Waals surface area (Å²) >= 11 is 1.38. The lowest BCUT2D eigenvalue weighted by atomic mass is 10.2. The maximum Gasteiger partial charge on any atom is 0.238 e. The maximum atomic E-state index is 12.6. The quantitative estimate of drug-likeness (QED) is 0.619. The lowest BCUT2D eigenvalue weighted by Gasteiger charge is -2.19. The van der Waals surface area contributed by atoms with Crippen molar-refractivity contribution in [2.24, 2.45) is 0 Å². The number of carbonyl (C=O) groups excluding carboxylic acids is 1. The molecule has 1 saturated heterocycles. The van der Waals surface area contributed by atoms with E-state index in [0.717, 1.165) is 37.6 Å². The van der Waals surface area contributed by atoms with Gasteiger partial charge in [0, 0.05) is 19.2 Å². The molecule has 1 atom stereocenters. The first-order chi connectivity index (χ1) is 14.0. The molecule has 1 amide bonds. The molecule has 1 fully saturated rings. The fourth-order valence-electron chi connectivity index (χ4n) is 3.25. The average Bonchev–Trinajstić information content (AvgIpc) is 3.44. The molecular formula is C20H24N6O2S. The summed E-state index contributed by atoms with van der Waals surface area (Å²) in [6.45, 7) is 7.62. The fourth-order valence-corrected chi connectivity index (χ4v) is 4.11. The molecule has 1 aliphatic rings. The molecule has 0 spiro atoms. The second-order valence-electron chi connectivity index (χ2n) is 7.22. The summed E-state index contributed by atoms with van der Waals surface area (Å²) in [4.78, 5) is 14.8. The molecule has 3 aromatic rings. The van der Waals surface area contributed by atoms with E-state index in [2.05, 4.69) is 56.8 Å². The van der Waals surface area contributed by atoms with E-state index in [0.29, 0.717) is 16.7 Å². The van der Waals surface area contributed by atoms with Gasteiger partial charge in [-0.3, -0.25) is 9.36 Å². The Hall–Kier alpha value is -2.81. The molecule has 8 nitrogen and oxygen atoms in total. The van der Waals surface area contributed by atoms with Gasteiger partial charge in [0.25, 0.3) is 0 Å². The summed E-state index contributed by atoms with van der Waals surface area (Å²) < 4.78 is 7.05. The van der Waals surface area contributed by atoms with Gasteiger partial charge in [-0.05, 0) is 45.7 Å². The molecule has 1 aromatic carbocycles. The van der Waals surface area contributed by atoms with Crippen LogP contribution in [0.2, 0.25) is 0 Å². The molecule has 0 bridgehead atoms. The van der Waals surface area contributed by atoms with E-state index in [9.17, 15) is 4.79 Å². The van der Waals surface area contributed by atoms with Crippen molar-refractivity contribution in [3.63, 3.8) is 0 Å². The fraction of sp³-hybridized carbons (Fsp3) is 0.400. The maximum absolute atomic E-state index is 12.6. The monoisotopic (exact) mass is 412 g/mol. The topological polar surface area (TPSA) is 89.1 Å². The first-order valence-corrected chi connectivity index (χ1v) is 10.6. The first-order valence-electron chi connectivity index (χ1n) is 9.69. The molecule has 9 heteroatoms. The van der Waals surface area contributed by atoms with Crippen molar-refractivity contribution in [2.75, 3.05) is 23.3 Å². The smallest absolute Gasteiger partial charge is 0.238 e. The van der Waals surface area contributed by atoms with Crippen LogP contribution < -0.4 is 10.2 Å². The van der Waals surface area contributed by atoms with Crippen LogP contribution in [0.5, 0.6) is 0 Å². The molecule has 0 saturated carbocycles. The van der Waals surface area contributed by atoms with Gasteiger partial charge in [-0.1, -0.05) is 34.6 Å². The van der Waals surface area contributed by atoms with Gasteiger partial charge in [-0.25, -0.2) is 0 Å². The van der Waals surface area contributed by atoms with Crippen LogP contribution in [0.4, 0.5) is 11.8 Å². The van der Waals surface area contributed by atoms with Crippen LogP contribution >= 0.6 is 11.8 Å². The van der Waals surface area contributed by atoms with Crippen molar-refractivity contribution in [3.05, 3.63) is 41.7 Å². The van der Waals surface area contributed by atoms with E-state index < -0.39 is 0 Å². The number of nitrogens with one attached hydrogen (secondary N) is 1. The number of amides is 1. The van der Waals surface area contributed by atoms with Crippen LogP contribution in [0.1, 0.15) is 31.1 Å². The van der Waals surface area contributed by atoms with Crippen molar-refractivity contribution >= 4 is 29.4 Å². The number of anilines is 2. The van der Waals surface area contributed by atoms with Gasteiger partial charge in [0.1, 0.15) is 5.76 Å². The third-order valence-electron chi connectivity index (χ3n) is 4.83. The van der Waals surface area contributed by atoms with E-state index in [1.165, 1.54) is 17.3 Å². The minimum atomic E-state index is -0.383. The predicted octanol–water partition coefficient (Wildman–Crippen LogP) is 3.59. The van der Waals surface area contributed by atoms with Crippen molar-refractivity contribution in [1.29, 1.82) is 0 Å². The second-order valence-corrected chi connectivity index (χ2v) is 8.53. The number of benzene rings is 1. The van der Waals surface area contributed by atoms with Crippen molar-refractivity contribution in [1.82, 2.24) is 19.9 Å². The molecule has 152 valence electrons. The number of aryl methyl sites for hydroxylation is 2. The zero-order valence-corrected chi connectivity index (χ0v) is 17.6. The second kappa shape index (κ2) is 8.28. The lowest BCUT2D eigenvalue weighted by Crippen LogP contribution is -2.24. The Morgan fingerprint density at radius 1 is 1.17 bits per heavy atom. The first kappa shape index (κ1) is 19.5. The number of hydrogen-bond donors (Lipinski definition) is 1. The Labute approximate surface area is 173 Å². The van der Waals surface area contributed by atoms with E-state index in [1.807, 2.05) is 11.5 Å². The van der Waals surface area contributed by atoms with Gasteiger partial charge in [0.05, 0.1) is 10.9 Å². The van der Waals surface area contributed by atoms with Crippen molar-refractivity contribution in [3.8, 4) is 5.69 Å². The summed E-state index contributed by atoms with van der Waals surface area (Å²) in [6.07, 6.45) is 2.30. The molecule has 3 heterocycles. The van der Waals surface area contributed by atoms with Crippen LogP contribution in [-0.2, 0) is 4.79 Å². The van der Waals surface area contributed by atoms with Gasteiger partial charge in [-0.2, -0.15) is 0 Å². The number of rotatable bonds is 6. The number of thioether (sulfide) groups is 1. The van der Waals surface area contributed by atoms with E-state index in [4.69, 9.17) is 4.52 Å². The summed E-state index contributed by atoms with van der Waals surface area (Å²) in [5.41, 5.74) is 2.18. The molecule has 1 unspecified atom stereocenters. The number of nitrogens with zero attached hydrogens (tertiary/aromatic N) is 5. The Bertz CT molecular complexity index is 991. The highest BCUT2D eigenvalue weighted by molar-refractivity contribution is 8.00. The van der Waals surface area contributed by atoms with Gasteiger partial charge in [-0.15, -0.1) is 10.2 Å². The van der Waals surface area contributed by atoms with Crippen LogP contribution in [-0.4, -0.2) is 44.2 Å². The van der Waals surface area contributed by atoms with Crippen LogP contribution in [0.25, 0.3) is 5.69 Å². The van der Waals surface area contributed by atoms with Gasteiger partial charge in [0.15, 0.2) is 11.0 Å². The molecule has 4 rings (SSSR count). The molecule has 0 radical (unpaired) electrons. The molecular weight excluding hydrogens is 388 g/mol. The highest BCUT2D eigenvalue weighted by atomic mass is 32.2. The van der Waals surface area contributed by atoms with E-state index in [-0.39, 0.29) is 11.2 Å². The number of carbonyl (C=O) groups is 1. The van der Waals surface area contributed by atoms with E-state index in [1.54, 1.807) is 13.0 Å². The summed E-state index contributed by atoms with van der Waals surface area (Å²) in [6, 6.07) is 9.95. The van der Waals surface area contributed by atoms with E-state index >= 15 is 0 Å². The molecule has 29 heavy (non-hydrogen) atoms. The standard InChI is InChI=1S/C20H24N6O2S/c1-13-6-8-16(9-7-13)26-19(25-10-4-5-11-25)22-23-20(26)29-15(3)18(27)21-17-12-14(2)28-24-17/h6-9,12,15H,4-5,10-11H2,1-3H3,(H,21,24,27). The lowest BCUT2D eigenvalue weighted by molar-refractivity contribution is -0.115. The normalized spacial score (nSPS) is 14.9. The Balaban J connectivity index is 1.59. The van der Waals surface area contributed by atoms with Gasteiger partial charge < -0.3 is 14.7 Å². The van der Waals surface area contributed by atoms with Gasteiger partial charge in [0.2, 0.25) is 11.9 Å². The highest BCUT2D eigenvalue weighted by Crippen LogP contribution is 2.31. The molecule has 1 aliphatic heterocycles. The number of hydrogen-bond acceptors (Lipinski definition) is 7. The number of aromatic nitrogens is 4. The average molecular weight is 413 g/mol. The third-order valence-corrected chi connectivity index (χ3v) is 5.87. The summed E-state index contributed by atoms with van der Waals surface area (Å²) in [5.74, 6) is 1.73. The third kappa shape index (κ3) is 4.29. The predicted molar refractivity (Wildman–Crippen MR) is 113 cm³/mol. The van der Waals surface area contributed by atoms with Crippen LogP contribution in [0, 0.1) is 13.8 Å². The molecule has 0 aliphatic carbocycles. The Kier molecular flexibility index (Phi) is 5.57. The largest absolute Gasteiger partial charge is 0.360 e. The highest BCUT2D eigenvalue weighted by Gasteiger charge is 2.25.